The molecule has 2 rings (SSSR count). The summed E-state index contributed by atoms with van der Waals surface area (Å²) in [5, 5.41) is 10.1. The molecule has 0 aliphatic carbocycles. The highest BCUT2D eigenvalue weighted by Crippen LogP contribution is 2.20. The fourth-order valence-electron chi connectivity index (χ4n) is 3.17. The minimum absolute atomic E-state index is 0.215. The minimum atomic E-state index is -0.294. The second-order valence-electron chi connectivity index (χ2n) is 6.16. The number of aliphatic hydroxyl groups excluding tert-OH is 1. The predicted octanol–water partition coefficient (Wildman–Crippen LogP) is 2.80. The van der Waals surface area contributed by atoms with E-state index >= 15 is 0 Å². The molecule has 0 spiro atoms. The maximum Gasteiger partial charge on any atom is 0.127 e. The number of hydrogen-bond acceptors (Lipinski definition) is 3. The lowest BCUT2D eigenvalue weighted by Crippen LogP contribution is -2.54. The molecule has 1 heterocycles. The van der Waals surface area contributed by atoms with Crippen LogP contribution in [0.4, 0.5) is 4.39 Å². The number of β-amino-alcohol motifs (C(OH)–C–C–N with tert-alkyl or cyclic N) is 1. The monoisotopic (exact) mass is 328 g/mol. The first kappa shape index (κ1) is 17.7. The van der Waals surface area contributed by atoms with Gasteiger partial charge in [-0.1, -0.05) is 24.6 Å². The van der Waals surface area contributed by atoms with Gasteiger partial charge in [-0.25, -0.2) is 4.39 Å². The Hall–Kier alpha value is -0.680. The summed E-state index contributed by atoms with van der Waals surface area (Å²) in [5.41, 5.74) is 0.614. The van der Waals surface area contributed by atoms with Crippen LogP contribution in [0.15, 0.2) is 18.2 Å². The second kappa shape index (κ2) is 8.25. The van der Waals surface area contributed by atoms with Gasteiger partial charge >= 0.3 is 0 Å². The summed E-state index contributed by atoms with van der Waals surface area (Å²) in [7, 11) is 0. The summed E-state index contributed by atoms with van der Waals surface area (Å²) in [4.78, 5) is 4.73. The van der Waals surface area contributed by atoms with E-state index in [9.17, 15) is 9.50 Å². The van der Waals surface area contributed by atoms with Crippen molar-refractivity contribution >= 4 is 11.6 Å². The fraction of sp³-hybridized carbons (Fsp3) is 0.647. The van der Waals surface area contributed by atoms with Crippen molar-refractivity contribution in [3.05, 3.63) is 34.6 Å². The summed E-state index contributed by atoms with van der Waals surface area (Å²) in [6, 6.07) is 5.31. The third kappa shape index (κ3) is 4.66. The number of benzene rings is 1. The highest BCUT2D eigenvalue weighted by atomic mass is 35.5. The summed E-state index contributed by atoms with van der Waals surface area (Å²) in [6.07, 6.45) is 1.40. The Morgan fingerprint density at radius 2 is 2.18 bits per heavy atom. The molecule has 0 aromatic heterocycles. The average Bonchev–Trinajstić information content (AvgIpc) is 2.47. The maximum atomic E-state index is 13.8. The highest BCUT2D eigenvalue weighted by Gasteiger charge is 2.26. The van der Waals surface area contributed by atoms with Gasteiger partial charge in [0.15, 0.2) is 0 Å². The molecule has 0 saturated carbocycles. The lowest BCUT2D eigenvalue weighted by Gasteiger charge is -2.41. The zero-order valence-electron chi connectivity index (χ0n) is 13.4. The fourth-order valence-corrected chi connectivity index (χ4v) is 3.43. The smallest absolute Gasteiger partial charge is 0.127 e. The van der Waals surface area contributed by atoms with Crippen molar-refractivity contribution in [2.24, 2.45) is 0 Å². The maximum absolute atomic E-state index is 13.8. The van der Waals surface area contributed by atoms with Crippen molar-refractivity contribution in [1.82, 2.24) is 9.80 Å². The molecule has 1 N–H and O–H groups in total. The number of piperazine rings is 1. The van der Waals surface area contributed by atoms with E-state index in [1.54, 1.807) is 12.1 Å². The van der Waals surface area contributed by atoms with Crippen LogP contribution in [-0.2, 0) is 6.42 Å². The molecule has 1 aliphatic rings. The van der Waals surface area contributed by atoms with Gasteiger partial charge in [-0.3, -0.25) is 4.90 Å². The van der Waals surface area contributed by atoms with Crippen molar-refractivity contribution in [3.8, 4) is 0 Å². The lowest BCUT2D eigenvalue weighted by molar-refractivity contribution is 0.0370. The van der Waals surface area contributed by atoms with E-state index in [2.05, 4.69) is 16.7 Å². The molecule has 0 bridgehead atoms. The first-order valence-corrected chi connectivity index (χ1v) is 8.46. The molecule has 1 aliphatic heterocycles. The van der Waals surface area contributed by atoms with Gasteiger partial charge in [0.2, 0.25) is 0 Å². The SMILES string of the molecule is CC[C@@H]1CN(CCc2c(F)cccc2Cl)CCN1C[C@H](C)O. The van der Waals surface area contributed by atoms with Crippen LogP contribution in [0, 0.1) is 5.82 Å². The number of rotatable bonds is 6. The molecule has 124 valence electrons. The van der Waals surface area contributed by atoms with Gasteiger partial charge in [-0.15, -0.1) is 0 Å². The van der Waals surface area contributed by atoms with E-state index in [1.807, 2.05) is 6.92 Å². The lowest BCUT2D eigenvalue weighted by atomic mass is 10.1. The van der Waals surface area contributed by atoms with Gasteiger partial charge in [0.05, 0.1) is 6.10 Å². The van der Waals surface area contributed by atoms with Crippen LogP contribution < -0.4 is 0 Å². The summed E-state index contributed by atoms with van der Waals surface area (Å²) in [5.74, 6) is -0.215. The van der Waals surface area contributed by atoms with E-state index in [1.165, 1.54) is 6.07 Å². The minimum Gasteiger partial charge on any atom is -0.392 e. The molecule has 1 aromatic carbocycles. The van der Waals surface area contributed by atoms with E-state index in [-0.39, 0.29) is 11.9 Å². The van der Waals surface area contributed by atoms with Gasteiger partial charge in [0, 0.05) is 49.4 Å². The molecule has 1 aromatic rings. The van der Waals surface area contributed by atoms with E-state index in [0.29, 0.717) is 23.0 Å². The van der Waals surface area contributed by atoms with Gasteiger partial charge in [0.25, 0.3) is 0 Å². The number of halogens is 2. The quantitative estimate of drug-likeness (QED) is 0.870. The van der Waals surface area contributed by atoms with Crippen LogP contribution in [0.1, 0.15) is 25.8 Å². The Morgan fingerprint density at radius 3 is 2.82 bits per heavy atom. The van der Waals surface area contributed by atoms with Crippen molar-refractivity contribution < 1.29 is 9.50 Å². The number of nitrogens with zero attached hydrogens (tertiary/aromatic N) is 2. The van der Waals surface area contributed by atoms with Crippen molar-refractivity contribution in [1.29, 1.82) is 0 Å². The normalized spacial score (nSPS) is 22.0. The molecule has 5 heteroatoms. The second-order valence-corrected chi connectivity index (χ2v) is 6.56. The van der Waals surface area contributed by atoms with Crippen LogP contribution >= 0.6 is 11.6 Å². The van der Waals surface area contributed by atoms with Crippen LogP contribution in [0.2, 0.25) is 5.02 Å². The molecule has 0 radical (unpaired) electrons. The average molecular weight is 329 g/mol. The van der Waals surface area contributed by atoms with Gasteiger partial charge in [-0.2, -0.15) is 0 Å². The van der Waals surface area contributed by atoms with Gasteiger partial charge in [0.1, 0.15) is 5.82 Å². The first-order chi connectivity index (χ1) is 10.5. The van der Waals surface area contributed by atoms with Crippen LogP contribution in [0.25, 0.3) is 0 Å². The number of hydrogen-bond donors (Lipinski definition) is 1. The molecular formula is C17H26ClFN2O. The molecular weight excluding hydrogens is 303 g/mol. The predicted molar refractivity (Wildman–Crippen MR) is 88.9 cm³/mol. The third-order valence-corrected chi connectivity index (χ3v) is 4.75. The molecule has 2 atom stereocenters. The zero-order valence-corrected chi connectivity index (χ0v) is 14.2. The largest absolute Gasteiger partial charge is 0.392 e. The Kier molecular flexibility index (Phi) is 6.63. The van der Waals surface area contributed by atoms with Crippen molar-refractivity contribution in [3.63, 3.8) is 0 Å². The van der Waals surface area contributed by atoms with Crippen molar-refractivity contribution in [2.75, 3.05) is 32.7 Å². The number of aliphatic hydroxyl groups is 1. The van der Waals surface area contributed by atoms with Crippen LogP contribution in [0.3, 0.4) is 0 Å². The first-order valence-electron chi connectivity index (χ1n) is 8.08. The Balaban J connectivity index is 1.90. The van der Waals surface area contributed by atoms with Crippen LogP contribution in [0.5, 0.6) is 0 Å². The Labute approximate surface area is 137 Å². The van der Waals surface area contributed by atoms with Crippen LogP contribution in [-0.4, -0.2) is 59.8 Å². The summed E-state index contributed by atoms with van der Waals surface area (Å²) < 4.78 is 13.8. The molecule has 0 unspecified atom stereocenters. The Bertz CT molecular complexity index is 463. The third-order valence-electron chi connectivity index (χ3n) is 4.40. The zero-order chi connectivity index (χ0) is 16.1. The molecule has 0 amide bonds. The van der Waals surface area contributed by atoms with E-state index in [0.717, 1.165) is 39.1 Å². The van der Waals surface area contributed by atoms with E-state index in [4.69, 9.17) is 11.6 Å². The molecule has 1 fully saturated rings. The summed E-state index contributed by atoms with van der Waals surface area (Å²) >= 11 is 6.09. The summed E-state index contributed by atoms with van der Waals surface area (Å²) in [6.45, 7) is 8.43. The Morgan fingerprint density at radius 1 is 1.41 bits per heavy atom. The highest BCUT2D eigenvalue weighted by molar-refractivity contribution is 6.31. The van der Waals surface area contributed by atoms with Gasteiger partial charge in [-0.05, 0) is 31.9 Å². The standard InChI is InChI=1S/C17H26ClFN2O/c1-3-14-12-20(9-10-21(14)11-13(2)22)8-7-15-16(18)5-4-6-17(15)19/h4-6,13-14,22H,3,7-12H2,1-2H3/t13-,14+/m0/s1. The topological polar surface area (TPSA) is 26.7 Å². The van der Waals surface area contributed by atoms with Gasteiger partial charge < -0.3 is 10.0 Å². The molecule has 22 heavy (non-hydrogen) atoms. The van der Waals surface area contributed by atoms with Crippen molar-refractivity contribution in [2.45, 2.75) is 38.8 Å². The molecule has 3 nitrogen and oxygen atoms in total. The van der Waals surface area contributed by atoms with E-state index < -0.39 is 0 Å². The molecule has 1 saturated heterocycles.